The molecule has 0 aromatic carbocycles. The normalized spacial score (nSPS) is 12.0. The van der Waals surface area contributed by atoms with E-state index in [4.69, 9.17) is 14.2 Å². The minimum Gasteiger partial charge on any atom is -0.462 e. The highest BCUT2D eigenvalue weighted by Crippen LogP contribution is 2.28. The lowest BCUT2D eigenvalue weighted by molar-refractivity contribution is -0.156. The van der Waals surface area contributed by atoms with Crippen molar-refractivity contribution in [2.75, 3.05) is 33.9 Å². The van der Waals surface area contributed by atoms with Crippen LogP contribution in [0.4, 0.5) is 0 Å². The van der Waals surface area contributed by atoms with Crippen LogP contribution in [0.5, 0.6) is 0 Å². The molecule has 26 heavy (non-hydrogen) atoms. The van der Waals surface area contributed by atoms with Gasteiger partial charge in [-0.05, 0) is 33.9 Å². The molecule has 0 saturated heterocycles. The molecular weight excluding hydrogens is 338 g/mol. The van der Waals surface area contributed by atoms with Gasteiger partial charge in [-0.25, -0.2) is 14.4 Å². The van der Waals surface area contributed by atoms with Crippen LogP contribution >= 0.6 is 0 Å². The van der Waals surface area contributed by atoms with Crippen LogP contribution < -0.4 is 0 Å². The van der Waals surface area contributed by atoms with Gasteiger partial charge in [0.2, 0.25) is 0 Å². The van der Waals surface area contributed by atoms with Gasteiger partial charge in [0.15, 0.2) is 0 Å². The average molecular weight is 367 g/mol. The summed E-state index contributed by atoms with van der Waals surface area (Å²) in [6, 6.07) is 0.217. The van der Waals surface area contributed by atoms with Crippen molar-refractivity contribution in [2.45, 2.75) is 25.8 Å². The summed E-state index contributed by atoms with van der Waals surface area (Å²) in [5.74, 6) is -1.83. The molecule has 0 aliphatic rings. The van der Waals surface area contributed by atoms with Crippen LogP contribution in [0.25, 0.3) is 0 Å². The van der Waals surface area contributed by atoms with Crippen LogP contribution in [0.1, 0.15) is 19.8 Å². The fraction of sp³-hybridized carbons (Fsp3) is 0.526. The van der Waals surface area contributed by atoms with Gasteiger partial charge < -0.3 is 19.1 Å². The molecule has 0 heterocycles. The molecule has 7 heteroatoms. The number of rotatable bonds is 13. The molecule has 1 unspecified atom stereocenters. The monoisotopic (exact) mass is 367 g/mol. The molecule has 0 radical (unpaired) electrons. The van der Waals surface area contributed by atoms with E-state index >= 15 is 0 Å². The Morgan fingerprint density at radius 3 is 1.50 bits per heavy atom. The highest BCUT2D eigenvalue weighted by Gasteiger charge is 2.35. The third-order valence-electron chi connectivity index (χ3n) is 4.04. The van der Waals surface area contributed by atoms with E-state index in [1.807, 2.05) is 25.9 Å². The Kier molecular flexibility index (Phi) is 10.9. The van der Waals surface area contributed by atoms with Gasteiger partial charge in [0, 0.05) is 24.3 Å². The van der Waals surface area contributed by atoms with Crippen LogP contribution in [0.15, 0.2) is 38.0 Å². The van der Waals surface area contributed by atoms with Crippen LogP contribution in [-0.4, -0.2) is 62.8 Å². The minimum atomic E-state index is -0.889. The van der Waals surface area contributed by atoms with E-state index in [0.717, 1.165) is 18.2 Å². The minimum absolute atomic E-state index is 0.0904. The van der Waals surface area contributed by atoms with Gasteiger partial charge in [-0.15, -0.1) is 0 Å². The Labute approximate surface area is 155 Å². The fourth-order valence-electron chi connectivity index (χ4n) is 1.96. The Balaban J connectivity index is 5.38. The molecule has 146 valence electrons. The number of carbonyl (C=O) groups is 3. The first kappa shape index (κ1) is 23.6. The van der Waals surface area contributed by atoms with Crippen LogP contribution in [0.3, 0.4) is 0 Å². The second-order valence-corrected chi connectivity index (χ2v) is 6.29. The summed E-state index contributed by atoms with van der Waals surface area (Å²) < 4.78 is 15.5. The molecule has 7 nitrogen and oxygen atoms in total. The van der Waals surface area contributed by atoms with Crippen molar-refractivity contribution in [3.8, 4) is 0 Å². The highest BCUT2D eigenvalue weighted by molar-refractivity contribution is 5.82. The van der Waals surface area contributed by atoms with Crippen molar-refractivity contribution in [1.82, 2.24) is 4.90 Å². The molecule has 0 spiro atoms. The lowest BCUT2D eigenvalue weighted by atomic mass is 9.84. The van der Waals surface area contributed by atoms with E-state index in [-0.39, 0.29) is 25.9 Å². The molecule has 0 saturated carbocycles. The summed E-state index contributed by atoms with van der Waals surface area (Å²) >= 11 is 0. The third-order valence-corrected chi connectivity index (χ3v) is 4.04. The summed E-state index contributed by atoms with van der Waals surface area (Å²) in [7, 11) is 3.89. The first-order valence-electron chi connectivity index (χ1n) is 8.23. The maximum Gasteiger partial charge on any atom is 0.330 e. The number of hydrogen-bond acceptors (Lipinski definition) is 7. The Morgan fingerprint density at radius 1 is 0.885 bits per heavy atom. The maximum atomic E-state index is 11.5. The van der Waals surface area contributed by atoms with Crippen molar-refractivity contribution in [3.05, 3.63) is 38.0 Å². The van der Waals surface area contributed by atoms with E-state index < -0.39 is 23.3 Å². The SMILES string of the molecule is C=CC(=O)OCC(CCC(C)N(C)C)(COC(=O)C=C)COC(=O)C=C. The molecule has 0 aliphatic carbocycles. The highest BCUT2D eigenvalue weighted by atomic mass is 16.6. The second-order valence-electron chi connectivity index (χ2n) is 6.29. The van der Waals surface area contributed by atoms with E-state index in [1.165, 1.54) is 0 Å². The molecule has 0 aromatic heterocycles. The summed E-state index contributed by atoms with van der Waals surface area (Å²) in [6.07, 6.45) is 4.32. The van der Waals surface area contributed by atoms with Crippen molar-refractivity contribution in [1.29, 1.82) is 0 Å². The molecule has 0 rings (SSSR count). The zero-order valence-electron chi connectivity index (χ0n) is 15.9. The summed E-state index contributed by atoms with van der Waals surface area (Å²) in [4.78, 5) is 36.5. The number of esters is 3. The molecule has 0 amide bonds. The van der Waals surface area contributed by atoms with Gasteiger partial charge in [0.25, 0.3) is 0 Å². The zero-order chi connectivity index (χ0) is 20.2. The average Bonchev–Trinajstić information content (AvgIpc) is 2.65. The fourth-order valence-corrected chi connectivity index (χ4v) is 1.96. The number of carbonyl (C=O) groups excluding carboxylic acids is 3. The number of hydrogen-bond donors (Lipinski definition) is 0. The maximum absolute atomic E-state index is 11.5. The van der Waals surface area contributed by atoms with Gasteiger partial charge in [-0.2, -0.15) is 0 Å². The van der Waals surface area contributed by atoms with Crippen molar-refractivity contribution in [3.63, 3.8) is 0 Å². The molecule has 1 atom stereocenters. The summed E-state index contributed by atoms with van der Waals surface area (Å²) in [5.41, 5.74) is -0.889. The van der Waals surface area contributed by atoms with Gasteiger partial charge in [-0.3, -0.25) is 0 Å². The third kappa shape index (κ3) is 9.17. The zero-order valence-corrected chi connectivity index (χ0v) is 15.9. The predicted molar refractivity (Wildman–Crippen MR) is 98.3 cm³/mol. The molecule has 0 bridgehead atoms. The Bertz CT molecular complexity index is 466. The van der Waals surface area contributed by atoms with E-state index in [9.17, 15) is 14.4 Å². The van der Waals surface area contributed by atoms with Gasteiger partial charge in [0.05, 0.1) is 5.41 Å². The lowest BCUT2D eigenvalue weighted by Crippen LogP contribution is -2.40. The quantitative estimate of drug-likeness (QED) is 0.279. The molecule has 0 aliphatic heterocycles. The summed E-state index contributed by atoms with van der Waals surface area (Å²) in [5, 5.41) is 0. The van der Waals surface area contributed by atoms with Gasteiger partial charge in [0.1, 0.15) is 19.8 Å². The first-order valence-corrected chi connectivity index (χ1v) is 8.23. The number of ether oxygens (including phenoxy) is 3. The Hall–Kier alpha value is -2.41. The van der Waals surface area contributed by atoms with Crippen LogP contribution in [0, 0.1) is 5.41 Å². The molecule has 0 aromatic rings. The van der Waals surface area contributed by atoms with E-state index in [2.05, 4.69) is 19.7 Å². The Morgan fingerprint density at radius 2 is 1.23 bits per heavy atom. The topological polar surface area (TPSA) is 82.1 Å². The van der Waals surface area contributed by atoms with Crippen molar-refractivity contribution in [2.24, 2.45) is 5.41 Å². The van der Waals surface area contributed by atoms with E-state index in [1.54, 1.807) is 0 Å². The van der Waals surface area contributed by atoms with Crippen molar-refractivity contribution >= 4 is 17.9 Å². The number of nitrogens with zero attached hydrogens (tertiary/aromatic N) is 1. The molecule has 0 N–H and O–H groups in total. The lowest BCUT2D eigenvalue weighted by Gasteiger charge is -2.33. The summed E-state index contributed by atoms with van der Waals surface area (Å²) in [6.45, 7) is 11.8. The van der Waals surface area contributed by atoms with Gasteiger partial charge >= 0.3 is 17.9 Å². The largest absolute Gasteiger partial charge is 0.462 e. The van der Waals surface area contributed by atoms with Crippen LogP contribution in [0.2, 0.25) is 0 Å². The van der Waals surface area contributed by atoms with E-state index in [0.29, 0.717) is 12.8 Å². The van der Waals surface area contributed by atoms with Gasteiger partial charge in [-0.1, -0.05) is 19.7 Å². The first-order chi connectivity index (χ1) is 12.2. The molecular formula is C19H29NO6. The second kappa shape index (κ2) is 12.0. The standard InChI is InChI=1S/C19H29NO6/c1-7-16(21)24-12-19(13-25-17(22)8-2,14-26-18(23)9-3)11-10-15(4)20(5)6/h7-9,15H,1-3,10-14H2,4-6H3. The van der Waals surface area contributed by atoms with Crippen LogP contribution in [-0.2, 0) is 28.6 Å². The predicted octanol–water partition coefficient (Wildman–Crippen LogP) is 1.89. The smallest absolute Gasteiger partial charge is 0.330 e. The molecule has 0 fully saturated rings. The van der Waals surface area contributed by atoms with Crippen molar-refractivity contribution < 1.29 is 28.6 Å².